The van der Waals surface area contributed by atoms with Gasteiger partial charge in [0.1, 0.15) is 5.82 Å². The Morgan fingerprint density at radius 3 is 2.54 bits per heavy atom. The first-order chi connectivity index (χ1) is 12.6. The highest BCUT2D eigenvalue weighted by Gasteiger charge is 2.10. The van der Waals surface area contributed by atoms with Gasteiger partial charge in [0, 0.05) is 29.0 Å². The summed E-state index contributed by atoms with van der Waals surface area (Å²) in [6, 6.07) is 13.5. The van der Waals surface area contributed by atoms with E-state index in [0.717, 1.165) is 21.2 Å². The fourth-order valence-corrected chi connectivity index (χ4v) is 3.44. The van der Waals surface area contributed by atoms with Crippen LogP contribution in [0.5, 0.6) is 0 Å². The highest BCUT2D eigenvalue weighted by Crippen LogP contribution is 2.30. The molecule has 4 nitrogen and oxygen atoms in total. The summed E-state index contributed by atoms with van der Waals surface area (Å²) in [6.07, 6.45) is 3.67. The first-order valence-electron chi connectivity index (χ1n) is 7.97. The molecule has 0 fully saturated rings. The van der Waals surface area contributed by atoms with Crippen LogP contribution in [-0.4, -0.2) is 15.8 Å². The fourth-order valence-electron chi connectivity index (χ4n) is 2.76. The van der Waals surface area contributed by atoms with Crippen molar-refractivity contribution in [3.05, 3.63) is 78.0 Å². The van der Waals surface area contributed by atoms with Gasteiger partial charge in [0.2, 0.25) is 0 Å². The van der Waals surface area contributed by atoms with Gasteiger partial charge in [-0.25, -0.2) is 9.37 Å². The lowest BCUT2D eigenvalue weighted by molar-refractivity contribution is 0.0992. The maximum atomic E-state index is 13.0. The van der Waals surface area contributed by atoms with Gasteiger partial charge >= 0.3 is 0 Å². The summed E-state index contributed by atoms with van der Waals surface area (Å²) in [5.41, 5.74) is 7.88. The molecule has 26 heavy (non-hydrogen) atoms. The van der Waals surface area contributed by atoms with Crippen molar-refractivity contribution in [2.45, 2.75) is 6.42 Å². The molecule has 128 valence electrons. The monoisotopic (exact) mass is 363 g/mol. The van der Waals surface area contributed by atoms with Crippen molar-refractivity contribution < 1.29 is 9.18 Å². The number of aromatic nitrogens is 2. The normalized spacial score (nSPS) is 11.0. The topological polar surface area (TPSA) is 68.9 Å². The molecule has 0 aliphatic carbocycles. The number of halogens is 1. The number of pyridine rings is 1. The number of thiazole rings is 1. The molecule has 2 aromatic carbocycles. The van der Waals surface area contributed by atoms with Gasteiger partial charge in [0.05, 0.1) is 11.3 Å². The van der Waals surface area contributed by atoms with Crippen molar-refractivity contribution >= 4 is 33.0 Å². The molecule has 6 heteroatoms. The molecule has 4 rings (SSSR count). The molecule has 0 aliphatic rings. The average Bonchev–Trinajstić information content (AvgIpc) is 3.08. The molecule has 2 heterocycles. The molecule has 0 bridgehead atoms. The Balaban J connectivity index is 1.63. The largest absolute Gasteiger partial charge is 0.375 e. The minimum atomic E-state index is -0.360. The number of ketones is 1. The van der Waals surface area contributed by atoms with E-state index in [1.165, 1.54) is 35.6 Å². The Bertz CT molecular complexity index is 1110. The van der Waals surface area contributed by atoms with E-state index in [1.807, 2.05) is 24.3 Å². The third-order valence-corrected chi connectivity index (χ3v) is 4.97. The Morgan fingerprint density at radius 1 is 1.00 bits per heavy atom. The van der Waals surface area contributed by atoms with Crippen LogP contribution in [-0.2, 0) is 6.42 Å². The number of nitrogen functional groups attached to an aromatic ring is 1. The molecule has 0 atom stereocenters. The molecule has 4 aromatic rings. The average molecular weight is 363 g/mol. The van der Waals surface area contributed by atoms with E-state index in [0.29, 0.717) is 16.4 Å². The van der Waals surface area contributed by atoms with Crippen molar-refractivity contribution in [2.24, 2.45) is 0 Å². The van der Waals surface area contributed by atoms with Gasteiger partial charge in [0.15, 0.2) is 10.9 Å². The first kappa shape index (κ1) is 16.4. The lowest BCUT2D eigenvalue weighted by Gasteiger charge is -2.05. The third-order valence-electron chi connectivity index (χ3n) is 4.09. The fraction of sp³-hybridized carbons (Fsp3) is 0.0500. The zero-order valence-corrected chi connectivity index (χ0v) is 14.5. The van der Waals surface area contributed by atoms with E-state index in [-0.39, 0.29) is 18.0 Å². The number of nitrogens with two attached hydrogens (primary N) is 1. The van der Waals surface area contributed by atoms with Crippen LogP contribution in [0.25, 0.3) is 21.2 Å². The van der Waals surface area contributed by atoms with E-state index >= 15 is 0 Å². The number of carbonyl (C=O) groups is 1. The van der Waals surface area contributed by atoms with Crippen LogP contribution in [0.3, 0.4) is 0 Å². The number of nitrogens with zero attached hydrogens (tertiary/aromatic N) is 2. The predicted octanol–water partition coefficient (Wildman–Crippen LogP) is 4.51. The Kier molecular flexibility index (Phi) is 4.18. The summed E-state index contributed by atoms with van der Waals surface area (Å²) in [5, 5.41) is 2.51. The quantitative estimate of drug-likeness (QED) is 0.542. The number of rotatable bonds is 4. The van der Waals surface area contributed by atoms with Crippen LogP contribution in [0.15, 0.2) is 60.9 Å². The minimum absolute atomic E-state index is 0.0942. The second-order valence-corrected chi connectivity index (χ2v) is 6.97. The maximum absolute atomic E-state index is 13.0. The lowest BCUT2D eigenvalue weighted by atomic mass is 10.0. The predicted molar refractivity (Wildman–Crippen MR) is 102 cm³/mol. The molecule has 0 radical (unpaired) electrons. The summed E-state index contributed by atoms with van der Waals surface area (Å²) >= 11 is 1.43. The van der Waals surface area contributed by atoms with Crippen LogP contribution < -0.4 is 5.73 Å². The first-order valence-corrected chi connectivity index (χ1v) is 8.79. The Morgan fingerprint density at radius 2 is 1.81 bits per heavy atom. The smallest absolute Gasteiger partial charge is 0.180 e. The van der Waals surface area contributed by atoms with Gasteiger partial charge in [-0.2, -0.15) is 0 Å². The van der Waals surface area contributed by atoms with Gasteiger partial charge in [-0.05, 0) is 47.3 Å². The van der Waals surface area contributed by atoms with Crippen LogP contribution in [0.2, 0.25) is 0 Å². The highest BCUT2D eigenvalue weighted by atomic mass is 32.1. The molecule has 0 saturated carbocycles. The summed E-state index contributed by atoms with van der Waals surface area (Å²) in [7, 11) is 0. The third kappa shape index (κ3) is 3.32. The van der Waals surface area contributed by atoms with E-state index < -0.39 is 0 Å². The summed E-state index contributed by atoms with van der Waals surface area (Å²) in [4.78, 5) is 21.8. The molecule has 2 aromatic heterocycles. The van der Waals surface area contributed by atoms with E-state index in [4.69, 9.17) is 5.73 Å². The van der Waals surface area contributed by atoms with Crippen LogP contribution in [0.1, 0.15) is 16.1 Å². The van der Waals surface area contributed by atoms with Crippen LogP contribution >= 0.6 is 11.3 Å². The molecule has 0 unspecified atom stereocenters. The van der Waals surface area contributed by atoms with E-state index in [9.17, 15) is 9.18 Å². The zero-order chi connectivity index (χ0) is 18.1. The number of carbonyl (C=O) groups excluding carboxylic acids is 1. The van der Waals surface area contributed by atoms with E-state index in [1.54, 1.807) is 12.4 Å². The number of Topliss-reactive ketones (excluding diaryl/α,β-unsaturated/α-hetero) is 1. The van der Waals surface area contributed by atoms with Crippen molar-refractivity contribution in [3.63, 3.8) is 0 Å². The number of hydrogen-bond acceptors (Lipinski definition) is 5. The second-order valence-electron chi connectivity index (χ2n) is 5.91. The van der Waals surface area contributed by atoms with Gasteiger partial charge in [-0.3, -0.25) is 9.78 Å². The van der Waals surface area contributed by atoms with Crippen molar-refractivity contribution in [1.29, 1.82) is 0 Å². The summed E-state index contributed by atoms with van der Waals surface area (Å²) < 4.78 is 13.0. The Labute approximate surface area is 153 Å². The van der Waals surface area contributed by atoms with Crippen LogP contribution in [0, 0.1) is 5.82 Å². The minimum Gasteiger partial charge on any atom is -0.375 e. The molecule has 2 N–H and O–H groups in total. The molecule has 0 saturated heterocycles. The van der Waals surface area contributed by atoms with Crippen molar-refractivity contribution in [1.82, 2.24) is 9.97 Å². The maximum Gasteiger partial charge on any atom is 0.180 e. The molecular weight excluding hydrogens is 349 g/mol. The second kappa shape index (κ2) is 6.65. The molecule has 0 spiro atoms. The summed E-state index contributed by atoms with van der Waals surface area (Å²) in [6.45, 7) is 0. The van der Waals surface area contributed by atoms with Gasteiger partial charge < -0.3 is 5.73 Å². The number of benzene rings is 2. The SMILES string of the molecule is Nc1ncc(-c2ccc3cnc(CC(=O)c4ccc(F)cc4)cc3c2)s1. The number of hydrogen-bond donors (Lipinski definition) is 1. The van der Waals surface area contributed by atoms with Gasteiger partial charge in [-0.1, -0.05) is 23.5 Å². The standard InChI is InChI=1S/C20H14FN3OS/c21-16-5-3-12(4-6-16)18(25)9-17-8-15-7-13(1-2-14(15)10-23-17)19-11-24-20(22)26-19/h1-8,10-11H,9H2,(H2,22,24). The Hall–Kier alpha value is -3.12. The summed E-state index contributed by atoms with van der Waals surface area (Å²) in [5.74, 6) is -0.454. The van der Waals surface area contributed by atoms with Crippen LogP contribution in [0.4, 0.5) is 9.52 Å². The molecule has 0 aliphatic heterocycles. The zero-order valence-electron chi connectivity index (χ0n) is 13.6. The van der Waals surface area contributed by atoms with Gasteiger partial charge in [-0.15, -0.1) is 0 Å². The number of anilines is 1. The van der Waals surface area contributed by atoms with Crippen molar-refractivity contribution in [2.75, 3.05) is 5.73 Å². The van der Waals surface area contributed by atoms with E-state index in [2.05, 4.69) is 9.97 Å². The highest BCUT2D eigenvalue weighted by molar-refractivity contribution is 7.18. The van der Waals surface area contributed by atoms with Gasteiger partial charge in [0.25, 0.3) is 0 Å². The lowest BCUT2D eigenvalue weighted by Crippen LogP contribution is -2.05. The van der Waals surface area contributed by atoms with Crippen molar-refractivity contribution in [3.8, 4) is 10.4 Å². The molecular formula is C20H14FN3OS. The number of fused-ring (bicyclic) bond motifs is 1. The molecule has 0 amide bonds.